The van der Waals surface area contributed by atoms with Crippen LogP contribution in [0.15, 0.2) is 0 Å². The van der Waals surface area contributed by atoms with E-state index in [-0.39, 0.29) is 64.7 Å². The molecule has 0 bridgehead atoms. The first kappa shape index (κ1) is 25.6. The molecule has 0 heterocycles. The van der Waals surface area contributed by atoms with E-state index in [4.69, 9.17) is 29.2 Å². The molecule has 23 heavy (non-hydrogen) atoms. The molecule has 0 aliphatic heterocycles. The summed E-state index contributed by atoms with van der Waals surface area (Å²) in [5, 5.41) is 20.1. The van der Waals surface area contributed by atoms with Crippen LogP contribution in [0.2, 0.25) is 6.82 Å². The monoisotopic (exact) mass is 545 g/mol. The summed E-state index contributed by atoms with van der Waals surface area (Å²) in [6.45, 7) is 0.372. The average Bonchev–Trinajstić information content (AvgIpc) is 2.54. The fourth-order valence-electron chi connectivity index (χ4n) is 0.0304. The summed E-state index contributed by atoms with van der Waals surface area (Å²) in [4.78, 5) is 0. The van der Waals surface area contributed by atoms with E-state index in [0.29, 0.717) is 15.2 Å². The van der Waals surface area contributed by atoms with Crippen LogP contribution in [0.1, 0.15) is 17.1 Å². The Morgan fingerprint density at radius 1 is 1.48 bits per heavy atom. The van der Waals surface area contributed by atoms with Gasteiger partial charge in [-0.05, 0) is 20.5 Å². The largest absolute Gasteiger partial charge is 0.529 e. The smallest absolute Gasteiger partial charge is 0.339 e. The van der Waals surface area contributed by atoms with Gasteiger partial charge in [0.1, 0.15) is 6.96 Å². The second kappa shape index (κ2) is 86.2. The number of hydrogen-bond donors (Lipinski definition) is 2. The Morgan fingerprint density at radius 3 is 1.96 bits per heavy atom. The van der Waals surface area contributed by atoms with Gasteiger partial charge in [-0.2, -0.15) is 8.46 Å². The van der Waals surface area contributed by atoms with Crippen LogP contribution >= 0.6 is 43.7 Å². The molecule has 7 atom stereocenters. The number of rotatable bonds is 7. The fraction of sp³-hybridized carbons (Fsp3) is 0.833. The molecule has 7 unspecified atom stereocenters. The van der Waals surface area contributed by atoms with Crippen LogP contribution in [0.3, 0.4) is 0 Å². The topological polar surface area (TPSA) is 112 Å². The minimum atomic E-state index is -1.06. The molecular formula is C6H31B2O8P5Zn2+. The van der Waals surface area contributed by atoms with E-state index in [2.05, 4.69) is 19.4 Å². The van der Waals surface area contributed by atoms with Crippen molar-refractivity contribution in [3.05, 3.63) is 6.06 Å². The van der Waals surface area contributed by atoms with Crippen LogP contribution in [0.4, 0.5) is 0 Å². The third-order valence-corrected chi connectivity index (χ3v) is 1.28. The third-order valence-electron chi connectivity index (χ3n) is 0.427. The Labute approximate surface area is 188 Å². The summed E-state index contributed by atoms with van der Waals surface area (Å²) < 4.78 is 70.5. The Bertz CT molecular complexity index is 264. The van der Waals surface area contributed by atoms with Gasteiger partial charge in [0.05, 0.1) is 9.35 Å². The minimum Gasteiger partial charge on any atom is -0.339 e. The van der Waals surface area contributed by atoms with Crippen LogP contribution < -0.4 is 0 Å². The van der Waals surface area contributed by atoms with Crippen LogP contribution in [0.5, 0.6) is 0 Å². The van der Waals surface area contributed by atoms with Gasteiger partial charge in [0.15, 0.2) is 0 Å². The maximum Gasteiger partial charge on any atom is 0.529 e. The van der Waals surface area contributed by atoms with E-state index in [1.807, 2.05) is 9.24 Å². The molecule has 1 radical (unpaired) electrons. The van der Waals surface area contributed by atoms with Gasteiger partial charge in [-0.15, -0.1) is 17.0 Å². The van der Waals surface area contributed by atoms with Crippen molar-refractivity contribution in [2.24, 2.45) is 0 Å². The standard InChI is InChI=1S/C2H6BP.C2H8BP.CH5P.CH4.2HO4P.2Zn.2H2/c1-4-2-3;1-3-4-2;1-2;;2*1-3-4-5-2;;;;/h2-4H,1H3;3-4H,1-2H3;2H2,1H3;1H4;2*5H;;;2*1H/q-1;;;;;;;;;/p+2/i1D,3D;2TD,3D;1TD;;;;;;;. The van der Waals surface area contributed by atoms with Gasteiger partial charge in [-0.25, -0.2) is 10.5 Å². The van der Waals surface area contributed by atoms with Crippen molar-refractivity contribution in [3.63, 3.8) is 0 Å². The summed E-state index contributed by atoms with van der Waals surface area (Å²) in [6.07, 6.45) is 0. The van der Waals surface area contributed by atoms with E-state index in [0.717, 1.165) is 0 Å². The minimum absolute atomic E-state index is 0. The van der Waals surface area contributed by atoms with Crippen molar-refractivity contribution < 1.29 is 87.7 Å². The molecule has 0 aliphatic rings. The third kappa shape index (κ3) is 169. The molecule has 0 aromatic rings. The molecule has 0 aromatic heterocycles. The zero-order valence-corrected chi connectivity index (χ0v) is 23.0. The second-order valence-corrected chi connectivity index (χ2v) is 3.63. The summed E-state index contributed by atoms with van der Waals surface area (Å²) in [6, 6.07) is 1.69. The molecule has 0 saturated carbocycles. The van der Waals surface area contributed by atoms with Gasteiger partial charge in [-0.3, -0.25) is 8.58 Å². The first-order valence-electron chi connectivity index (χ1n) is 8.15. The van der Waals surface area contributed by atoms with Gasteiger partial charge in [0.25, 0.3) is 0 Å². The molecule has 0 aliphatic carbocycles. The SMILES string of the molecule is C.O=[PH+]OOO.O=[PH+]OOO.[2H]B(C)PC([2H])[3H].[2H]C([3H])P.[2H][B][CH-]PC[2H].[HH].[HH].[Zn].[Zn]. The van der Waals surface area contributed by atoms with Crippen LogP contribution in [-0.2, 0) is 67.5 Å². The molecule has 137 valence electrons. The average molecular weight is 548 g/mol. The van der Waals surface area contributed by atoms with Crippen molar-refractivity contribution in [2.45, 2.75) is 14.2 Å². The number of hydrogen-bond acceptors (Lipinski definition) is 8. The normalized spacial score (nSPS) is 14.3. The van der Waals surface area contributed by atoms with Crippen molar-refractivity contribution in [3.8, 4) is 0 Å². The summed E-state index contributed by atoms with van der Waals surface area (Å²) >= 11 is 0. The molecule has 0 fully saturated rings. The molecule has 17 heteroatoms. The fourth-order valence-corrected chi connectivity index (χ4v) is 0.0913. The zero-order chi connectivity index (χ0) is 22.5. The Kier molecular flexibility index (Phi) is 96.1. The van der Waals surface area contributed by atoms with E-state index in [1.54, 1.807) is 12.9 Å². The van der Waals surface area contributed by atoms with Crippen molar-refractivity contribution in [1.82, 2.24) is 0 Å². The predicted octanol–water partition coefficient (Wildman–Crippen LogP) is 3.32. The van der Waals surface area contributed by atoms with Crippen LogP contribution in [-0.4, -0.2) is 47.8 Å². The van der Waals surface area contributed by atoms with Crippen molar-refractivity contribution in [1.29, 1.82) is 2.67 Å². The van der Waals surface area contributed by atoms with E-state index >= 15 is 0 Å². The molecule has 0 rings (SSSR count). The molecule has 0 aromatic carbocycles. The van der Waals surface area contributed by atoms with Crippen LogP contribution in [0.25, 0.3) is 0 Å². The van der Waals surface area contributed by atoms with Gasteiger partial charge in [0, 0.05) is 48.7 Å². The molecule has 0 spiro atoms. The van der Waals surface area contributed by atoms with Gasteiger partial charge < -0.3 is 6.06 Å². The van der Waals surface area contributed by atoms with Gasteiger partial charge in [-0.1, -0.05) is 35.5 Å². The Morgan fingerprint density at radius 2 is 1.91 bits per heavy atom. The molecule has 2 N–H and O–H groups in total. The Hall–Kier alpha value is 2.63. The maximum absolute atomic E-state index is 9.05. The van der Waals surface area contributed by atoms with Crippen LogP contribution in [0, 0.1) is 6.06 Å². The molecule has 8 nitrogen and oxygen atoms in total. The van der Waals surface area contributed by atoms with Gasteiger partial charge in [0.2, 0.25) is 0 Å². The zero-order valence-electron chi connectivity index (χ0n) is 18.9. The summed E-state index contributed by atoms with van der Waals surface area (Å²) in [5.41, 5.74) is 0. The van der Waals surface area contributed by atoms with E-state index < -0.39 is 30.6 Å². The molecule has 0 amide bonds. The maximum atomic E-state index is 9.05. The molecule has 0 saturated heterocycles. The second-order valence-electron chi connectivity index (χ2n) is 1.31. The first-order chi connectivity index (χ1) is 12.6. The van der Waals surface area contributed by atoms with Crippen molar-refractivity contribution in [2.75, 3.05) is 19.9 Å². The quantitative estimate of drug-likeness (QED) is 0.125. The summed E-state index contributed by atoms with van der Waals surface area (Å²) in [7, 11) is 1.75. The summed E-state index contributed by atoms with van der Waals surface area (Å²) in [5.74, 6) is 0. The van der Waals surface area contributed by atoms with E-state index in [9.17, 15) is 0 Å². The van der Waals surface area contributed by atoms with Crippen molar-refractivity contribution >= 4 is 58.4 Å². The predicted molar refractivity (Wildman–Crippen MR) is 107 cm³/mol. The molecular weight excluding hydrogens is 507 g/mol. The van der Waals surface area contributed by atoms with Gasteiger partial charge >= 0.3 is 17.4 Å². The van der Waals surface area contributed by atoms with E-state index in [1.165, 1.54) is 7.81 Å². The first-order valence-corrected chi connectivity index (χ1v) is 8.72. The Balaban J connectivity index is -0.0000000230.